The predicted molar refractivity (Wildman–Crippen MR) is 61.1 cm³/mol. The minimum absolute atomic E-state index is 0.691. The van der Waals surface area contributed by atoms with Gasteiger partial charge in [0, 0.05) is 16.4 Å². The standard InChI is InChI=1S/C8H7BrClN3S/c9-3-6-4-13(12-11-6)5-8-7(10)1-2-14-8/h1-2,4H,3,5H2. The van der Waals surface area contributed by atoms with E-state index in [0.717, 1.165) is 20.9 Å². The van der Waals surface area contributed by atoms with Gasteiger partial charge in [0.15, 0.2) is 0 Å². The van der Waals surface area contributed by atoms with E-state index in [1.165, 1.54) is 0 Å². The number of halogens is 2. The van der Waals surface area contributed by atoms with E-state index >= 15 is 0 Å². The number of hydrogen-bond donors (Lipinski definition) is 0. The molecule has 0 aliphatic heterocycles. The van der Waals surface area contributed by atoms with Gasteiger partial charge in [-0.1, -0.05) is 32.7 Å². The average molecular weight is 293 g/mol. The van der Waals surface area contributed by atoms with Gasteiger partial charge in [-0.3, -0.25) is 0 Å². The first-order valence-corrected chi connectivity index (χ1v) is 6.34. The number of nitrogens with zero attached hydrogens (tertiary/aromatic N) is 3. The second-order valence-corrected chi connectivity index (χ2v) is 4.70. The van der Waals surface area contributed by atoms with Crippen LogP contribution in [-0.4, -0.2) is 15.0 Å². The van der Waals surface area contributed by atoms with Crippen molar-refractivity contribution in [1.82, 2.24) is 15.0 Å². The van der Waals surface area contributed by atoms with E-state index in [0.29, 0.717) is 6.54 Å². The molecule has 0 aromatic carbocycles. The summed E-state index contributed by atoms with van der Waals surface area (Å²) < 4.78 is 1.79. The van der Waals surface area contributed by atoms with Crippen molar-refractivity contribution in [3.63, 3.8) is 0 Å². The summed E-state index contributed by atoms with van der Waals surface area (Å²) in [6.07, 6.45) is 1.91. The van der Waals surface area contributed by atoms with E-state index in [9.17, 15) is 0 Å². The third-order valence-electron chi connectivity index (χ3n) is 1.72. The molecule has 3 nitrogen and oxygen atoms in total. The van der Waals surface area contributed by atoms with Gasteiger partial charge in [-0.25, -0.2) is 4.68 Å². The minimum atomic E-state index is 0.691. The molecule has 0 fully saturated rings. The van der Waals surface area contributed by atoms with Crippen molar-refractivity contribution >= 4 is 38.9 Å². The van der Waals surface area contributed by atoms with Crippen molar-refractivity contribution in [2.45, 2.75) is 11.9 Å². The molecule has 2 aromatic rings. The summed E-state index contributed by atoms with van der Waals surface area (Å²) in [5.41, 5.74) is 0.928. The van der Waals surface area contributed by atoms with Gasteiger partial charge in [0.25, 0.3) is 0 Å². The lowest BCUT2D eigenvalue weighted by atomic mass is 10.4. The van der Waals surface area contributed by atoms with E-state index in [2.05, 4.69) is 26.2 Å². The topological polar surface area (TPSA) is 30.7 Å². The molecule has 6 heteroatoms. The van der Waals surface area contributed by atoms with Crippen LogP contribution in [0.5, 0.6) is 0 Å². The van der Waals surface area contributed by atoms with Crippen LogP contribution in [-0.2, 0) is 11.9 Å². The van der Waals surface area contributed by atoms with E-state index in [-0.39, 0.29) is 0 Å². The molecule has 0 radical (unpaired) electrons. The number of aromatic nitrogens is 3. The molecule has 0 saturated carbocycles. The first-order valence-electron chi connectivity index (χ1n) is 3.96. The van der Waals surface area contributed by atoms with E-state index in [4.69, 9.17) is 11.6 Å². The Morgan fingerprint density at radius 1 is 1.57 bits per heavy atom. The van der Waals surface area contributed by atoms with Crippen LogP contribution in [0.15, 0.2) is 17.6 Å². The maximum atomic E-state index is 5.97. The highest BCUT2D eigenvalue weighted by Crippen LogP contribution is 2.22. The van der Waals surface area contributed by atoms with Crippen molar-refractivity contribution in [2.75, 3.05) is 0 Å². The van der Waals surface area contributed by atoms with Crippen molar-refractivity contribution in [3.8, 4) is 0 Å². The zero-order chi connectivity index (χ0) is 9.97. The molecule has 0 atom stereocenters. The van der Waals surface area contributed by atoms with Crippen LogP contribution in [0.2, 0.25) is 5.02 Å². The Morgan fingerprint density at radius 2 is 2.43 bits per heavy atom. The average Bonchev–Trinajstić information content (AvgIpc) is 2.77. The molecule has 2 rings (SSSR count). The Kier molecular flexibility index (Phi) is 3.20. The maximum absolute atomic E-state index is 5.97. The van der Waals surface area contributed by atoms with Gasteiger partial charge in [0.2, 0.25) is 0 Å². The number of hydrogen-bond acceptors (Lipinski definition) is 3. The molecule has 0 aliphatic carbocycles. The molecule has 14 heavy (non-hydrogen) atoms. The lowest BCUT2D eigenvalue weighted by molar-refractivity contribution is 0.656. The summed E-state index contributed by atoms with van der Waals surface area (Å²) >= 11 is 10.9. The summed E-state index contributed by atoms with van der Waals surface area (Å²) in [5.74, 6) is 0. The van der Waals surface area contributed by atoms with Crippen LogP contribution >= 0.6 is 38.9 Å². The highest BCUT2D eigenvalue weighted by atomic mass is 79.9. The second-order valence-electron chi connectivity index (χ2n) is 2.73. The molecular formula is C8H7BrClN3S. The summed E-state index contributed by atoms with van der Waals surface area (Å²) in [4.78, 5) is 1.11. The fraction of sp³-hybridized carbons (Fsp3) is 0.250. The van der Waals surface area contributed by atoms with Gasteiger partial charge in [-0.15, -0.1) is 16.4 Å². The molecule has 0 unspecified atom stereocenters. The van der Waals surface area contributed by atoms with Gasteiger partial charge in [0.05, 0.1) is 17.3 Å². The molecule has 2 aromatic heterocycles. The fourth-order valence-corrected chi connectivity index (χ4v) is 2.41. The molecule has 0 amide bonds. The van der Waals surface area contributed by atoms with Crippen molar-refractivity contribution in [3.05, 3.63) is 33.2 Å². The third kappa shape index (κ3) is 2.16. The minimum Gasteiger partial charge on any atom is -0.247 e. The second kappa shape index (κ2) is 4.42. The Labute approximate surface area is 98.8 Å². The largest absolute Gasteiger partial charge is 0.247 e. The van der Waals surface area contributed by atoms with E-state index in [1.807, 2.05) is 17.6 Å². The molecule has 74 valence electrons. The Hall–Kier alpha value is -0.390. The van der Waals surface area contributed by atoms with Gasteiger partial charge in [-0.05, 0) is 11.4 Å². The molecule has 2 heterocycles. The Morgan fingerprint density at radius 3 is 3.00 bits per heavy atom. The summed E-state index contributed by atoms with van der Waals surface area (Å²) in [5, 5.41) is 11.5. The van der Waals surface area contributed by atoms with Crippen LogP contribution < -0.4 is 0 Å². The molecule has 0 saturated heterocycles. The molecular weight excluding hydrogens is 286 g/mol. The predicted octanol–water partition coefficient (Wildman–Crippen LogP) is 2.94. The first-order chi connectivity index (χ1) is 6.79. The normalized spacial score (nSPS) is 10.7. The molecule has 0 N–H and O–H groups in total. The van der Waals surface area contributed by atoms with Crippen molar-refractivity contribution in [1.29, 1.82) is 0 Å². The van der Waals surface area contributed by atoms with Crippen LogP contribution in [0.3, 0.4) is 0 Å². The molecule has 0 bridgehead atoms. The maximum Gasteiger partial charge on any atom is 0.0932 e. The van der Waals surface area contributed by atoms with Crippen LogP contribution in [0.4, 0.5) is 0 Å². The van der Waals surface area contributed by atoms with Crippen LogP contribution in [0, 0.1) is 0 Å². The Balaban J connectivity index is 2.15. The lowest BCUT2D eigenvalue weighted by Gasteiger charge is -1.96. The highest BCUT2D eigenvalue weighted by molar-refractivity contribution is 9.08. The summed E-state index contributed by atoms with van der Waals surface area (Å²) in [6, 6.07) is 1.89. The van der Waals surface area contributed by atoms with E-state index < -0.39 is 0 Å². The third-order valence-corrected chi connectivity index (χ3v) is 3.67. The molecule has 0 aliphatic rings. The summed E-state index contributed by atoms with van der Waals surface area (Å²) in [6.45, 7) is 0.691. The summed E-state index contributed by atoms with van der Waals surface area (Å²) in [7, 11) is 0. The van der Waals surface area contributed by atoms with Crippen molar-refractivity contribution in [2.24, 2.45) is 0 Å². The number of rotatable bonds is 3. The first kappa shape index (κ1) is 10.1. The van der Waals surface area contributed by atoms with Crippen LogP contribution in [0.1, 0.15) is 10.6 Å². The van der Waals surface area contributed by atoms with Crippen molar-refractivity contribution < 1.29 is 0 Å². The number of thiophene rings is 1. The number of alkyl halides is 1. The Bertz CT molecular complexity index is 426. The molecule has 0 spiro atoms. The van der Waals surface area contributed by atoms with E-state index in [1.54, 1.807) is 16.0 Å². The van der Waals surface area contributed by atoms with Crippen LogP contribution in [0.25, 0.3) is 0 Å². The zero-order valence-electron chi connectivity index (χ0n) is 7.15. The fourth-order valence-electron chi connectivity index (χ4n) is 1.06. The zero-order valence-corrected chi connectivity index (χ0v) is 10.3. The van der Waals surface area contributed by atoms with Gasteiger partial charge < -0.3 is 0 Å². The van der Waals surface area contributed by atoms with Gasteiger partial charge in [0.1, 0.15) is 0 Å². The quantitative estimate of drug-likeness (QED) is 0.814. The SMILES string of the molecule is Clc1ccsc1Cn1cc(CBr)nn1. The lowest BCUT2D eigenvalue weighted by Crippen LogP contribution is -1.98. The smallest absolute Gasteiger partial charge is 0.0932 e. The van der Waals surface area contributed by atoms with Gasteiger partial charge >= 0.3 is 0 Å². The monoisotopic (exact) mass is 291 g/mol. The highest BCUT2D eigenvalue weighted by Gasteiger charge is 2.04. The van der Waals surface area contributed by atoms with Gasteiger partial charge in [-0.2, -0.15) is 0 Å².